The van der Waals surface area contributed by atoms with Crippen molar-refractivity contribution in [3.8, 4) is 5.75 Å². The molecule has 2 aliphatic rings. The Bertz CT molecular complexity index is 614. The number of H-pyrrole nitrogens is 1. The Morgan fingerprint density at radius 1 is 1.17 bits per heavy atom. The molecule has 0 radical (unpaired) electrons. The average Bonchev–Trinajstić information content (AvgIpc) is 2.89. The summed E-state index contributed by atoms with van der Waals surface area (Å²) < 4.78 is 5.70. The van der Waals surface area contributed by atoms with Crippen LogP contribution in [0, 0.1) is 0 Å². The van der Waals surface area contributed by atoms with Gasteiger partial charge in [-0.25, -0.2) is 0 Å². The van der Waals surface area contributed by atoms with Crippen molar-refractivity contribution in [1.82, 2.24) is 9.88 Å². The van der Waals surface area contributed by atoms with Gasteiger partial charge in [0.15, 0.2) is 0 Å². The van der Waals surface area contributed by atoms with Crippen LogP contribution in [-0.2, 0) is 19.3 Å². The molecule has 0 spiro atoms. The predicted octanol–water partition coefficient (Wildman–Crippen LogP) is 2.13. The fraction of sp³-hybridized carbons (Fsp3) is 0.467. The minimum atomic E-state index is 0.840. The van der Waals surface area contributed by atoms with Crippen LogP contribution >= 0.6 is 0 Å². The SMILES string of the molecule is CN1CCc2[nH]c3cc4c(cc3c2CC1)OCC4. The summed E-state index contributed by atoms with van der Waals surface area (Å²) in [5.41, 5.74) is 5.59. The topological polar surface area (TPSA) is 28.3 Å². The van der Waals surface area contributed by atoms with E-state index >= 15 is 0 Å². The molecule has 0 amide bonds. The van der Waals surface area contributed by atoms with Gasteiger partial charge in [-0.2, -0.15) is 0 Å². The van der Waals surface area contributed by atoms with Gasteiger partial charge < -0.3 is 14.6 Å². The summed E-state index contributed by atoms with van der Waals surface area (Å²) in [6.07, 6.45) is 3.33. The van der Waals surface area contributed by atoms with Gasteiger partial charge in [0.05, 0.1) is 6.61 Å². The molecule has 1 aromatic heterocycles. The molecule has 0 unspecified atom stereocenters. The van der Waals surface area contributed by atoms with Crippen molar-refractivity contribution in [2.24, 2.45) is 0 Å². The minimum absolute atomic E-state index is 0.840. The first-order chi connectivity index (χ1) is 8.81. The Kier molecular flexibility index (Phi) is 2.18. The van der Waals surface area contributed by atoms with E-state index in [0.29, 0.717) is 0 Å². The highest BCUT2D eigenvalue weighted by Gasteiger charge is 2.20. The molecule has 1 N–H and O–H groups in total. The molecule has 4 rings (SSSR count). The molecular weight excluding hydrogens is 224 g/mol. The number of rotatable bonds is 0. The largest absolute Gasteiger partial charge is 0.493 e. The molecule has 0 saturated heterocycles. The first-order valence-electron chi connectivity index (χ1n) is 6.79. The third-order valence-electron chi connectivity index (χ3n) is 4.29. The zero-order valence-corrected chi connectivity index (χ0v) is 10.8. The van der Waals surface area contributed by atoms with Gasteiger partial charge in [0.1, 0.15) is 5.75 Å². The van der Waals surface area contributed by atoms with E-state index in [-0.39, 0.29) is 0 Å². The lowest BCUT2D eigenvalue weighted by Gasteiger charge is -2.11. The molecular formula is C15H18N2O. The monoisotopic (exact) mass is 242 g/mol. The highest BCUT2D eigenvalue weighted by atomic mass is 16.5. The number of nitrogens with zero attached hydrogens (tertiary/aromatic N) is 1. The highest BCUT2D eigenvalue weighted by Crippen LogP contribution is 2.34. The zero-order valence-electron chi connectivity index (χ0n) is 10.8. The summed E-state index contributed by atoms with van der Waals surface area (Å²) in [5, 5.41) is 1.38. The Morgan fingerprint density at radius 3 is 3.00 bits per heavy atom. The molecule has 0 bridgehead atoms. The van der Waals surface area contributed by atoms with Crippen molar-refractivity contribution in [1.29, 1.82) is 0 Å². The van der Waals surface area contributed by atoms with Crippen molar-refractivity contribution in [2.45, 2.75) is 19.3 Å². The summed E-state index contributed by atoms with van der Waals surface area (Å²) in [5.74, 6) is 1.10. The second kappa shape index (κ2) is 3.75. The van der Waals surface area contributed by atoms with Crippen molar-refractivity contribution in [3.63, 3.8) is 0 Å². The smallest absolute Gasteiger partial charge is 0.123 e. The third-order valence-corrected chi connectivity index (χ3v) is 4.29. The summed E-state index contributed by atoms with van der Waals surface area (Å²) in [7, 11) is 2.20. The molecule has 0 atom stereocenters. The third kappa shape index (κ3) is 1.47. The van der Waals surface area contributed by atoms with Crippen LogP contribution in [0.2, 0.25) is 0 Å². The minimum Gasteiger partial charge on any atom is -0.493 e. The lowest BCUT2D eigenvalue weighted by Crippen LogP contribution is -2.21. The number of hydrogen-bond donors (Lipinski definition) is 1. The Balaban J connectivity index is 1.89. The summed E-state index contributed by atoms with van der Waals surface area (Å²) in [6, 6.07) is 4.54. The molecule has 2 aliphatic heterocycles. The molecule has 2 aromatic rings. The molecule has 1 aromatic carbocycles. The van der Waals surface area contributed by atoms with Crippen LogP contribution < -0.4 is 4.74 Å². The molecule has 3 heteroatoms. The van der Waals surface area contributed by atoms with Gasteiger partial charge in [0.2, 0.25) is 0 Å². The van der Waals surface area contributed by atoms with E-state index in [1.54, 1.807) is 0 Å². The Morgan fingerprint density at radius 2 is 2.06 bits per heavy atom. The van der Waals surface area contributed by atoms with E-state index in [9.17, 15) is 0 Å². The van der Waals surface area contributed by atoms with E-state index in [4.69, 9.17) is 4.74 Å². The van der Waals surface area contributed by atoms with Gasteiger partial charge in [-0.15, -0.1) is 0 Å². The highest BCUT2D eigenvalue weighted by molar-refractivity contribution is 5.87. The molecule has 18 heavy (non-hydrogen) atoms. The van der Waals surface area contributed by atoms with Gasteiger partial charge in [0.25, 0.3) is 0 Å². The molecule has 0 saturated carbocycles. The van der Waals surface area contributed by atoms with Crippen LogP contribution in [-0.4, -0.2) is 36.6 Å². The Hall–Kier alpha value is -1.48. The number of likely N-dealkylation sites (N-methyl/N-ethyl adjacent to an activating group) is 1. The molecule has 0 fully saturated rings. The van der Waals surface area contributed by atoms with Crippen molar-refractivity contribution in [3.05, 3.63) is 29.0 Å². The second-order valence-electron chi connectivity index (χ2n) is 5.49. The lowest BCUT2D eigenvalue weighted by molar-refractivity contribution is 0.352. The predicted molar refractivity (Wildman–Crippen MR) is 72.4 cm³/mol. The first kappa shape index (κ1) is 10.4. The molecule has 94 valence electrons. The van der Waals surface area contributed by atoms with E-state index in [1.165, 1.54) is 27.7 Å². The molecule has 3 nitrogen and oxygen atoms in total. The van der Waals surface area contributed by atoms with Gasteiger partial charge in [-0.1, -0.05) is 0 Å². The summed E-state index contributed by atoms with van der Waals surface area (Å²) >= 11 is 0. The van der Waals surface area contributed by atoms with Crippen LogP contribution in [0.4, 0.5) is 0 Å². The number of aromatic amines is 1. The van der Waals surface area contributed by atoms with Crippen LogP contribution in [0.5, 0.6) is 5.75 Å². The number of fused-ring (bicyclic) bond motifs is 4. The normalized spacial score (nSPS) is 19.4. The van der Waals surface area contributed by atoms with Crippen LogP contribution in [0.25, 0.3) is 10.9 Å². The van der Waals surface area contributed by atoms with Crippen LogP contribution in [0.15, 0.2) is 12.1 Å². The first-order valence-corrected chi connectivity index (χ1v) is 6.79. The second-order valence-corrected chi connectivity index (χ2v) is 5.49. The van der Waals surface area contributed by atoms with Crippen molar-refractivity contribution < 1.29 is 4.74 Å². The molecule has 3 heterocycles. The quantitative estimate of drug-likeness (QED) is 0.766. The zero-order chi connectivity index (χ0) is 12.1. The van der Waals surface area contributed by atoms with Crippen LogP contribution in [0.3, 0.4) is 0 Å². The van der Waals surface area contributed by atoms with E-state index in [1.807, 2.05) is 0 Å². The maximum Gasteiger partial charge on any atom is 0.123 e. The lowest BCUT2D eigenvalue weighted by atomic mass is 10.0. The number of benzene rings is 1. The van der Waals surface area contributed by atoms with E-state index in [0.717, 1.165) is 44.7 Å². The number of ether oxygens (including phenoxy) is 1. The van der Waals surface area contributed by atoms with Crippen molar-refractivity contribution in [2.75, 3.05) is 26.7 Å². The van der Waals surface area contributed by atoms with Crippen molar-refractivity contribution >= 4 is 10.9 Å². The molecule has 0 aliphatic carbocycles. The van der Waals surface area contributed by atoms with Gasteiger partial charge in [-0.3, -0.25) is 0 Å². The van der Waals surface area contributed by atoms with Gasteiger partial charge >= 0.3 is 0 Å². The van der Waals surface area contributed by atoms with Gasteiger partial charge in [-0.05, 0) is 36.7 Å². The maximum absolute atomic E-state index is 5.70. The summed E-state index contributed by atoms with van der Waals surface area (Å²) in [4.78, 5) is 6.03. The fourth-order valence-corrected chi connectivity index (χ4v) is 3.20. The fourth-order valence-electron chi connectivity index (χ4n) is 3.20. The van der Waals surface area contributed by atoms with E-state index < -0.39 is 0 Å². The number of hydrogen-bond acceptors (Lipinski definition) is 2. The average molecular weight is 242 g/mol. The van der Waals surface area contributed by atoms with Crippen LogP contribution in [0.1, 0.15) is 16.8 Å². The number of nitrogens with one attached hydrogen (secondary N) is 1. The summed E-state index contributed by atoms with van der Waals surface area (Å²) in [6.45, 7) is 3.14. The standard InChI is InChI=1S/C15H18N2O/c1-17-5-2-11-12-9-15-10(4-7-18-15)8-14(12)16-13(11)3-6-17/h8-9,16H,2-7H2,1H3. The van der Waals surface area contributed by atoms with Gasteiger partial charge in [0, 0.05) is 42.5 Å². The maximum atomic E-state index is 5.70. The van der Waals surface area contributed by atoms with E-state index in [2.05, 4.69) is 29.1 Å². The number of aromatic nitrogens is 1. The Labute approximate surface area is 107 Å².